The summed E-state index contributed by atoms with van der Waals surface area (Å²) < 4.78 is 21.2. The van der Waals surface area contributed by atoms with Crippen molar-refractivity contribution in [3.05, 3.63) is 0 Å². The van der Waals surface area contributed by atoms with Gasteiger partial charge < -0.3 is 49.8 Å². The quantitative estimate of drug-likeness (QED) is 0.256. The summed E-state index contributed by atoms with van der Waals surface area (Å²) in [6.45, 7) is 2.28. The molecule has 0 aromatic heterocycles. The Morgan fingerprint density at radius 3 is 2.21 bits per heavy atom. The fourth-order valence-corrected chi connectivity index (χ4v) is 3.45. The Balaban J connectivity index is 2.26. The van der Waals surface area contributed by atoms with Crippen LogP contribution in [0.2, 0.25) is 0 Å². The second-order valence-electron chi connectivity index (χ2n) is 6.82. The summed E-state index contributed by atoms with van der Waals surface area (Å²) in [5, 5.41) is 52.2. The number of ether oxygens (including phenoxy) is 4. The Labute approximate surface area is 160 Å². The molecule has 2 aliphatic heterocycles. The smallest absolute Gasteiger partial charge is 0.335 e. The van der Waals surface area contributed by atoms with E-state index in [4.69, 9.17) is 18.9 Å². The van der Waals surface area contributed by atoms with Gasteiger partial charge >= 0.3 is 5.97 Å². The lowest BCUT2D eigenvalue weighted by Gasteiger charge is -2.47. The van der Waals surface area contributed by atoms with Gasteiger partial charge in [0.1, 0.15) is 36.6 Å². The molecule has 2 saturated heterocycles. The summed E-state index contributed by atoms with van der Waals surface area (Å²) >= 11 is 0. The lowest BCUT2D eigenvalue weighted by atomic mass is 9.92. The van der Waals surface area contributed by atoms with Crippen LogP contribution in [0.3, 0.4) is 0 Å². The molecular formula is C16H27NO11. The number of aliphatic carboxylic acids is 1. The van der Waals surface area contributed by atoms with Gasteiger partial charge in [-0.2, -0.15) is 0 Å². The van der Waals surface area contributed by atoms with Crippen LogP contribution in [0.1, 0.15) is 13.8 Å². The van der Waals surface area contributed by atoms with Gasteiger partial charge in [0.05, 0.1) is 18.8 Å². The van der Waals surface area contributed by atoms with E-state index in [-0.39, 0.29) is 0 Å². The predicted octanol–water partition coefficient (Wildman–Crippen LogP) is -3.44. The molecule has 2 fully saturated rings. The highest BCUT2D eigenvalue weighted by Crippen LogP contribution is 2.30. The molecule has 0 aromatic rings. The average Bonchev–Trinajstić information content (AvgIpc) is 2.63. The van der Waals surface area contributed by atoms with E-state index in [0.29, 0.717) is 0 Å². The molecule has 0 radical (unpaired) electrons. The molecule has 0 aromatic carbocycles. The maximum atomic E-state index is 11.5. The Morgan fingerprint density at radius 1 is 1.07 bits per heavy atom. The van der Waals surface area contributed by atoms with Gasteiger partial charge in [-0.1, -0.05) is 0 Å². The van der Waals surface area contributed by atoms with Crippen LogP contribution in [0, 0.1) is 0 Å². The lowest BCUT2D eigenvalue weighted by Crippen LogP contribution is -2.67. The normalized spacial score (nSPS) is 44.1. The van der Waals surface area contributed by atoms with Crippen molar-refractivity contribution < 1.29 is 54.1 Å². The summed E-state index contributed by atoms with van der Waals surface area (Å²) in [4.78, 5) is 23.0. The van der Waals surface area contributed by atoms with Gasteiger partial charge in [-0.15, -0.1) is 0 Å². The van der Waals surface area contributed by atoms with Crippen molar-refractivity contribution in [2.75, 3.05) is 13.7 Å². The molecule has 12 nitrogen and oxygen atoms in total. The molecule has 10 atom stereocenters. The van der Waals surface area contributed by atoms with Gasteiger partial charge in [0.2, 0.25) is 5.91 Å². The number of aliphatic hydroxyl groups excluding tert-OH is 4. The molecule has 2 heterocycles. The number of nitrogens with one attached hydrogen (secondary N) is 1. The molecular weight excluding hydrogens is 382 g/mol. The fraction of sp³-hybridized carbons (Fsp3) is 0.875. The number of amides is 1. The molecule has 2 rings (SSSR count). The van der Waals surface area contributed by atoms with Crippen LogP contribution in [0.5, 0.6) is 0 Å². The Bertz CT molecular complexity index is 561. The minimum Gasteiger partial charge on any atom is -0.479 e. The van der Waals surface area contributed by atoms with E-state index in [0.717, 1.165) is 7.11 Å². The van der Waals surface area contributed by atoms with Crippen LogP contribution < -0.4 is 5.32 Å². The van der Waals surface area contributed by atoms with Crippen LogP contribution in [-0.4, -0.2) is 112 Å². The van der Waals surface area contributed by atoms with Gasteiger partial charge in [0.15, 0.2) is 12.4 Å². The Kier molecular flexibility index (Phi) is 7.70. The van der Waals surface area contributed by atoms with E-state index in [1.807, 2.05) is 0 Å². The maximum absolute atomic E-state index is 11.5. The first-order valence-corrected chi connectivity index (χ1v) is 8.76. The van der Waals surface area contributed by atoms with Crippen molar-refractivity contribution >= 4 is 11.9 Å². The van der Waals surface area contributed by atoms with Crippen LogP contribution >= 0.6 is 0 Å². The number of methoxy groups -OCH3 is 1. The average molecular weight is 409 g/mol. The molecule has 4 unspecified atom stereocenters. The number of hydrogen-bond acceptors (Lipinski definition) is 10. The van der Waals surface area contributed by atoms with E-state index in [9.17, 15) is 35.1 Å². The molecule has 2 aliphatic rings. The molecule has 0 spiro atoms. The van der Waals surface area contributed by atoms with E-state index >= 15 is 0 Å². The molecule has 0 saturated carbocycles. The SMILES string of the molecule is CO[C@@H]1C(C(=O)O)O[C@@H](O[C@H]2[C@H](O)C(CO)OC(C)[C@H]2NC(C)=O)C(O)[C@H]1O. The third kappa shape index (κ3) is 4.60. The van der Waals surface area contributed by atoms with Crippen LogP contribution in [0.4, 0.5) is 0 Å². The predicted molar refractivity (Wildman–Crippen MR) is 89.0 cm³/mol. The first-order valence-electron chi connectivity index (χ1n) is 8.76. The fourth-order valence-electron chi connectivity index (χ4n) is 3.45. The standard InChI is InChI=1S/C16H27NO11/c1-5-8(17-6(2)19)12(9(20)7(4-18)26-5)27-16-11(22)10(21)13(25-3)14(28-16)15(23)24/h5,7-14,16,18,20-22H,4H2,1-3H3,(H,17,19)(H,23,24)/t5?,7?,8-,9-,10-,11?,12-,13+,14?,16-/m1/s1. The van der Waals surface area contributed by atoms with Crippen LogP contribution in [-0.2, 0) is 28.5 Å². The van der Waals surface area contributed by atoms with E-state index in [2.05, 4.69) is 5.32 Å². The van der Waals surface area contributed by atoms with E-state index < -0.39 is 79.6 Å². The Hall–Kier alpha value is -1.38. The van der Waals surface area contributed by atoms with Crippen LogP contribution in [0.15, 0.2) is 0 Å². The van der Waals surface area contributed by atoms with E-state index in [1.165, 1.54) is 6.92 Å². The summed E-state index contributed by atoms with van der Waals surface area (Å²) in [5.74, 6) is -1.89. The number of aliphatic hydroxyl groups is 4. The maximum Gasteiger partial charge on any atom is 0.335 e. The highest BCUT2D eigenvalue weighted by atomic mass is 16.7. The van der Waals surface area contributed by atoms with Crippen LogP contribution in [0.25, 0.3) is 0 Å². The van der Waals surface area contributed by atoms with Crippen molar-refractivity contribution in [2.24, 2.45) is 0 Å². The summed E-state index contributed by atoms with van der Waals surface area (Å²) in [6.07, 6.45) is -12.4. The van der Waals surface area contributed by atoms with Gasteiger partial charge in [0.25, 0.3) is 0 Å². The minimum absolute atomic E-state index is 0.447. The monoisotopic (exact) mass is 409 g/mol. The Morgan fingerprint density at radius 2 is 1.71 bits per heavy atom. The van der Waals surface area contributed by atoms with Crippen molar-refractivity contribution in [2.45, 2.75) is 75.0 Å². The highest BCUT2D eigenvalue weighted by Gasteiger charge is 2.52. The molecule has 6 N–H and O–H groups in total. The zero-order valence-electron chi connectivity index (χ0n) is 15.7. The molecule has 0 aliphatic carbocycles. The number of carboxylic acids is 1. The molecule has 1 amide bonds. The second-order valence-corrected chi connectivity index (χ2v) is 6.82. The minimum atomic E-state index is -1.70. The topological polar surface area (TPSA) is 184 Å². The van der Waals surface area contributed by atoms with Gasteiger partial charge in [0, 0.05) is 14.0 Å². The zero-order valence-corrected chi connectivity index (χ0v) is 15.7. The van der Waals surface area contributed by atoms with Gasteiger partial charge in [-0.25, -0.2) is 4.79 Å². The zero-order chi connectivity index (χ0) is 21.2. The number of carboxylic acid groups (broad SMARTS) is 1. The number of carbonyl (C=O) groups is 2. The first-order chi connectivity index (χ1) is 13.1. The largest absolute Gasteiger partial charge is 0.479 e. The lowest BCUT2D eigenvalue weighted by molar-refractivity contribution is -0.327. The van der Waals surface area contributed by atoms with Crippen molar-refractivity contribution in [3.8, 4) is 0 Å². The summed E-state index contributed by atoms with van der Waals surface area (Å²) in [6, 6.07) is -0.897. The van der Waals surface area contributed by atoms with Crippen molar-refractivity contribution in [1.82, 2.24) is 5.32 Å². The van der Waals surface area contributed by atoms with Gasteiger partial charge in [-0.05, 0) is 6.92 Å². The van der Waals surface area contributed by atoms with Crippen molar-refractivity contribution in [3.63, 3.8) is 0 Å². The number of hydrogen-bond donors (Lipinski definition) is 6. The summed E-state index contributed by atoms with van der Waals surface area (Å²) in [7, 11) is 1.16. The third-order valence-electron chi connectivity index (χ3n) is 4.87. The van der Waals surface area contributed by atoms with Crippen molar-refractivity contribution in [1.29, 1.82) is 0 Å². The number of rotatable bonds is 6. The number of carbonyl (C=O) groups excluding carboxylic acids is 1. The molecule has 12 heteroatoms. The van der Waals surface area contributed by atoms with Gasteiger partial charge in [-0.3, -0.25) is 4.79 Å². The third-order valence-corrected chi connectivity index (χ3v) is 4.87. The van der Waals surface area contributed by atoms with E-state index in [1.54, 1.807) is 6.92 Å². The highest BCUT2D eigenvalue weighted by molar-refractivity contribution is 5.73. The molecule has 0 bridgehead atoms. The second kappa shape index (κ2) is 9.41. The first kappa shape index (κ1) is 22.9. The molecule has 162 valence electrons. The molecule has 28 heavy (non-hydrogen) atoms. The summed E-state index contributed by atoms with van der Waals surface area (Å²) in [5.41, 5.74) is 0.